The average Bonchev–Trinajstić information content (AvgIpc) is 3.01. The number of hydrogen-bond donors (Lipinski definition) is 2. The van der Waals surface area contributed by atoms with Gasteiger partial charge in [0, 0.05) is 31.1 Å². The van der Waals surface area contributed by atoms with E-state index in [0.717, 1.165) is 44.9 Å². The van der Waals surface area contributed by atoms with Crippen LogP contribution in [0.4, 0.5) is 0 Å². The van der Waals surface area contributed by atoms with Crippen LogP contribution in [0.15, 0.2) is 24.4 Å². The summed E-state index contributed by atoms with van der Waals surface area (Å²) < 4.78 is 5.38. The van der Waals surface area contributed by atoms with Gasteiger partial charge in [0.15, 0.2) is 0 Å². The van der Waals surface area contributed by atoms with Crippen molar-refractivity contribution in [2.45, 2.75) is 25.9 Å². The van der Waals surface area contributed by atoms with Gasteiger partial charge in [-0.3, -0.25) is 10.00 Å². The van der Waals surface area contributed by atoms with E-state index in [1.165, 1.54) is 17.4 Å². The number of fused-ring (bicyclic) bond motifs is 1. The molecule has 2 heterocycles. The lowest BCUT2D eigenvalue weighted by Crippen LogP contribution is -2.39. The van der Waals surface area contributed by atoms with Crippen molar-refractivity contribution < 1.29 is 4.74 Å². The summed E-state index contributed by atoms with van der Waals surface area (Å²) in [6.07, 6.45) is 3.04. The highest BCUT2D eigenvalue weighted by molar-refractivity contribution is 5.81. The molecule has 1 aromatic carbocycles. The lowest BCUT2D eigenvalue weighted by atomic mass is 10.1. The van der Waals surface area contributed by atoms with Gasteiger partial charge in [-0.05, 0) is 25.5 Å². The number of nitrogens with one attached hydrogen (secondary N) is 2. The van der Waals surface area contributed by atoms with Crippen LogP contribution >= 0.6 is 0 Å². The molecule has 0 amide bonds. The summed E-state index contributed by atoms with van der Waals surface area (Å²) in [5.74, 6) is 0. The van der Waals surface area contributed by atoms with Gasteiger partial charge in [0.25, 0.3) is 0 Å². The SMILES string of the molecule is CC(CCN1CCOCC1)NCc1cccc2cn[nH]c12. The smallest absolute Gasteiger partial charge is 0.0695 e. The topological polar surface area (TPSA) is 53.2 Å². The van der Waals surface area contributed by atoms with Crippen molar-refractivity contribution in [1.29, 1.82) is 0 Å². The number of aromatic amines is 1. The Morgan fingerprint density at radius 3 is 3.10 bits per heavy atom. The summed E-state index contributed by atoms with van der Waals surface area (Å²) in [6.45, 7) is 8.18. The van der Waals surface area contributed by atoms with Crippen LogP contribution in [0, 0.1) is 0 Å². The number of H-pyrrole nitrogens is 1. The fourth-order valence-electron chi connectivity index (χ4n) is 2.76. The van der Waals surface area contributed by atoms with Gasteiger partial charge < -0.3 is 10.1 Å². The number of benzene rings is 1. The molecule has 114 valence electrons. The Kier molecular flexibility index (Phi) is 4.85. The predicted octanol–water partition coefficient (Wildman–Crippen LogP) is 1.76. The number of rotatable bonds is 6. The second-order valence-corrected chi connectivity index (χ2v) is 5.78. The number of morpholine rings is 1. The zero-order valence-electron chi connectivity index (χ0n) is 12.6. The van der Waals surface area contributed by atoms with Crippen molar-refractivity contribution >= 4 is 10.9 Å². The molecule has 21 heavy (non-hydrogen) atoms. The maximum atomic E-state index is 5.38. The predicted molar refractivity (Wildman–Crippen MR) is 84.3 cm³/mol. The molecule has 1 fully saturated rings. The molecule has 1 aliphatic rings. The van der Waals surface area contributed by atoms with E-state index in [2.05, 4.69) is 45.5 Å². The van der Waals surface area contributed by atoms with E-state index in [-0.39, 0.29) is 0 Å². The lowest BCUT2D eigenvalue weighted by Gasteiger charge is -2.27. The molecule has 1 saturated heterocycles. The van der Waals surface area contributed by atoms with Crippen LogP contribution < -0.4 is 5.32 Å². The highest BCUT2D eigenvalue weighted by Crippen LogP contribution is 2.15. The third kappa shape index (κ3) is 3.81. The first-order chi connectivity index (χ1) is 10.3. The first-order valence-corrected chi connectivity index (χ1v) is 7.77. The Bertz CT molecular complexity index is 562. The Labute approximate surface area is 125 Å². The van der Waals surface area contributed by atoms with E-state index in [9.17, 15) is 0 Å². The minimum absolute atomic E-state index is 0.506. The Balaban J connectivity index is 1.47. The molecule has 1 aromatic heterocycles. The van der Waals surface area contributed by atoms with Crippen molar-refractivity contribution in [1.82, 2.24) is 20.4 Å². The van der Waals surface area contributed by atoms with Crippen LogP contribution in [0.1, 0.15) is 18.9 Å². The van der Waals surface area contributed by atoms with Crippen LogP contribution in [0.5, 0.6) is 0 Å². The Hall–Kier alpha value is -1.43. The van der Waals surface area contributed by atoms with Crippen molar-refractivity contribution in [3.63, 3.8) is 0 Å². The second-order valence-electron chi connectivity index (χ2n) is 5.78. The van der Waals surface area contributed by atoms with Gasteiger partial charge in [0.1, 0.15) is 0 Å². The van der Waals surface area contributed by atoms with E-state index in [1.807, 2.05) is 6.20 Å². The molecule has 2 aromatic rings. The maximum Gasteiger partial charge on any atom is 0.0695 e. The summed E-state index contributed by atoms with van der Waals surface area (Å²) >= 11 is 0. The van der Waals surface area contributed by atoms with Crippen molar-refractivity contribution in [3.8, 4) is 0 Å². The first-order valence-electron chi connectivity index (χ1n) is 7.77. The zero-order chi connectivity index (χ0) is 14.5. The molecule has 5 nitrogen and oxygen atoms in total. The standard InChI is InChI=1S/C16H24N4O/c1-13(5-6-20-7-9-21-10-8-20)17-11-14-3-2-4-15-12-18-19-16(14)15/h2-4,12-13,17H,5-11H2,1H3,(H,18,19). The van der Waals surface area contributed by atoms with Crippen molar-refractivity contribution in [2.24, 2.45) is 0 Å². The normalized spacial score (nSPS) is 18.1. The first kappa shape index (κ1) is 14.5. The molecule has 0 saturated carbocycles. The molecule has 0 radical (unpaired) electrons. The largest absolute Gasteiger partial charge is 0.379 e. The van der Waals surface area contributed by atoms with Gasteiger partial charge in [0.05, 0.1) is 24.9 Å². The van der Waals surface area contributed by atoms with E-state index in [0.29, 0.717) is 6.04 Å². The third-order valence-electron chi connectivity index (χ3n) is 4.19. The highest BCUT2D eigenvalue weighted by atomic mass is 16.5. The molecule has 1 unspecified atom stereocenters. The summed E-state index contributed by atoms with van der Waals surface area (Å²) in [6, 6.07) is 6.84. The van der Waals surface area contributed by atoms with Crippen molar-refractivity contribution in [3.05, 3.63) is 30.0 Å². The molecule has 0 bridgehead atoms. The molecule has 0 spiro atoms. The number of ether oxygens (including phenoxy) is 1. The van der Waals surface area contributed by atoms with E-state index >= 15 is 0 Å². The molecule has 0 aliphatic carbocycles. The molecular formula is C16H24N4O. The number of aromatic nitrogens is 2. The summed E-state index contributed by atoms with van der Waals surface area (Å²) in [7, 11) is 0. The monoisotopic (exact) mass is 288 g/mol. The summed E-state index contributed by atoms with van der Waals surface area (Å²) in [5.41, 5.74) is 2.42. The summed E-state index contributed by atoms with van der Waals surface area (Å²) in [5, 5.41) is 12.0. The van der Waals surface area contributed by atoms with Gasteiger partial charge in [0.2, 0.25) is 0 Å². The van der Waals surface area contributed by atoms with E-state index < -0.39 is 0 Å². The van der Waals surface area contributed by atoms with Crippen LogP contribution in [-0.2, 0) is 11.3 Å². The number of para-hydroxylation sites is 1. The molecule has 1 aliphatic heterocycles. The third-order valence-corrected chi connectivity index (χ3v) is 4.19. The molecule has 5 heteroatoms. The van der Waals surface area contributed by atoms with Gasteiger partial charge in [-0.1, -0.05) is 18.2 Å². The average molecular weight is 288 g/mol. The van der Waals surface area contributed by atoms with E-state index in [4.69, 9.17) is 4.74 Å². The summed E-state index contributed by atoms with van der Waals surface area (Å²) in [4.78, 5) is 2.48. The minimum Gasteiger partial charge on any atom is -0.379 e. The highest BCUT2D eigenvalue weighted by Gasteiger charge is 2.12. The van der Waals surface area contributed by atoms with Gasteiger partial charge >= 0.3 is 0 Å². The molecule has 1 atom stereocenters. The zero-order valence-corrected chi connectivity index (χ0v) is 12.6. The Morgan fingerprint density at radius 1 is 1.38 bits per heavy atom. The lowest BCUT2D eigenvalue weighted by molar-refractivity contribution is 0.0364. The molecule has 2 N–H and O–H groups in total. The quantitative estimate of drug-likeness (QED) is 0.850. The fraction of sp³-hybridized carbons (Fsp3) is 0.562. The van der Waals surface area contributed by atoms with Crippen LogP contribution in [-0.4, -0.2) is 54.0 Å². The number of nitrogens with zero attached hydrogens (tertiary/aromatic N) is 2. The Morgan fingerprint density at radius 2 is 2.24 bits per heavy atom. The van der Waals surface area contributed by atoms with Crippen LogP contribution in [0.25, 0.3) is 10.9 Å². The van der Waals surface area contributed by atoms with Crippen LogP contribution in [0.3, 0.4) is 0 Å². The van der Waals surface area contributed by atoms with Gasteiger partial charge in [-0.25, -0.2) is 0 Å². The molecular weight excluding hydrogens is 264 g/mol. The number of hydrogen-bond acceptors (Lipinski definition) is 4. The second kappa shape index (κ2) is 7.02. The van der Waals surface area contributed by atoms with Gasteiger partial charge in [-0.2, -0.15) is 5.10 Å². The van der Waals surface area contributed by atoms with E-state index in [1.54, 1.807) is 0 Å². The van der Waals surface area contributed by atoms with Gasteiger partial charge in [-0.15, -0.1) is 0 Å². The maximum absolute atomic E-state index is 5.38. The van der Waals surface area contributed by atoms with Crippen molar-refractivity contribution in [2.75, 3.05) is 32.8 Å². The fourth-order valence-corrected chi connectivity index (χ4v) is 2.76. The van der Waals surface area contributed by atoms with Crippen LogP contribution in [0.2, 0.25) is 0 Å². The molecule has 3 rings (SSSR count). The minimum atomic E-state index is 0.506.